The minimum atomic E-state index is -1.68. The van der Waals surface area contributed by atoms with Gasteiger partial charge in [-0.05, 0) is 6.92 Å². The van der Waals surface area contributed by atoms with Crippen LogP contribution in [-0.4, -0.2) is 34.7 Å². The second-order valence-electron chi connectivity index (χ2n) is 1.92. The molecule has 2 N–H and O–H groups in total. The maximum absolute atomic E-state index is 10.6. The van der Waals surface area contributed by atoms with E-state index < -0.39 is 23.5 Å². The molecular weight excluding hydrogens is 180 g/mol. The molecule has 13 heavy (non-hydrogen) atoms. The molecule has 6 nitrogen and oxygen atoms in total. The van der Waals surface area contributed by atoms with Crippen molar-refractivity contribution in [3.05, 3.63) is 11.6 Å². The summed E-state index contributed by atoms with van der Waals surface area (Å²) in [6.07, 6.45) is 0.425. The van der Waals surface area contributed by atoms with E-state index in [1.54, 1.807) is 0 Å². The van der Waals surface area contributed by atoms with Crippen molar-refractivity contribution in [1.82, 2.24) is 0 Å². The van der Waals surface area contributed by atoms with Gasteiger partial charge in [-0.2, -0.15) is 0 Å². The minimum absolute atomic E-state index is 0.0574. The molecule has 0 aliphatic heterocycles. The van der Waals surface area contributed by atoms with Gasteiger partial charge in [-0.15, -0.1) is 0 Å². The third-order valence-electron chi connectivity index (χ3n) is 1.01. The van der Waals surface area contributed by atoms with E-state index in [2.05, 4.69) is 4.74 Å². The Balaban J connectivity index is 4.64. The molecule has 0 heterocycles. The van der Waals surface area contributed by atoms with Gasteiger partial charge in [0.05, 0.1) is 6.61 Å². The first-order chi connectivity index (χ1) is 5.99. The Morgan fingerprint density at radius 3 is 2.00 bits per heavy atom. The summed E-state index contributed by atoms with van der Waals surface area (Å²) in [5.74, 6) is -4.34. The fourth-order valence-electron chi connectivity index (χ4n) is 0.517. The molecule has 0 unspecified atom stereocenters. The summed E-state index contributed by atoms with van der Waals surface area (Å²) < 4.78 is 4.33. The van der Waals surface area contributed by atoms with Crippen molar-refractivity contribution in [3.8, 4) is 0 Å². The molecule has 6 heteroatoms. The average Bonchev–Trinajstić information content (AvgIpc) is 1.99. The van der Waals surface area contributed by atoms with Crippen molar-refractivity contribution < 1.29 is 29.3 Å². The highest BCUT2D eigenvalue weighted by atomic mass is 16.5. The van der Waals surface area contributed by atoms with Crippen LogP contribution in [0.3, 0.4) is 0 Å². The van der Waals surface area contributed by atoms with Crippen molar-refractivity contribution in [2.75, 3.05) is 6.61 Å². The number of carbonyl (C=O) groups is 3. The molecule has 0 radical (unpaired) electrons. The van der Waals surface area contributed by atoms with Gasteiger partial charge in [-0.1, -0.05) is 0 Å². The summed E-state index contributed by atoms with van der Waals surface area (Å²) in [5, 5.41) is 16.6. The van der Waals surface area contributed by atoms with Crippen molar-refractivity contribution in [3.63, 3.8) is 0 Å². The first kappa shape index (κ1) is 11.2. The molecule has 72 valence electrons. The first-order valence-electron chi connectivity index (χ1n) is 3.34. The maximum Gasteiger partial charge on any atom is 0.343 e. The first-order valence-corrected chi connectivity index (χ1v) is 3.34. The highest BCUT2D eigenvalue weighted by Crippen LogP contribution is 1.96. The molecule has 0 rings (SSSR count). The standard InChI is InChI=1S/C7H8O6/c1-2-13-5(8)3-4(6(9)10)7(11)12/h3H,2H2,1H3,(H,9,10)(H,11,12). The lowest BCUT2D eigenvalue weighted by Crippen LogP contribution is -2.14. The Morgan fingerprint density at radius 2 is 1.69 bits per heavy atom. The van der Waals surface area contributed by atoms with E-state index in [4.69, 9.17) is 10.2 Å². The molecule has 0 aromatic heterocycles. The van der Waals surface area contributed by atoms with E-state index in [1.165, 1.54) is 6.92 Å². The third-order valence-corrected chi connectivity index (χ3v) is 1.01. The number of carboxylic acid groups (broad SMARTS) is 2. The number of hydrogen-bond donors (Lipinski definition) is 2. The molecular formula is C7H8O6. The molecule has 0 aromatic rings. The number of esters is 1. The molecule has 0 bridgehead atoms. The molecule has 0 aromatic carbocycles. The highest BCUT2D eigenvalue weighted by molar-refractivity contribution is 6.15. The molecule has 0 saturated carbocycles. The van der Waals surface area contributed by atoms with E-state index in [0.29, 0.717) is 6.08 Å². The second-order valence-corrected chi connectivity index (χ2v) is 1.92. The number of aliphatic carboxylic acids is 2. The van der Waals surface area contributed by atoms with Crippen LogP contribution in [0.1, 0.15) is 6.92 Å². The van der Waals surface area contributed by atoms with Crippen LogP contribution in [0.4, 0.5) is 0 Å². The predicted octanol–water partition coefficient (Wildman–Crippen LogP) is -0.355. The number of rotatable bonds is 4. The molecule has 0 atom stereocenters. The monoisotopic (exact) mass is 188 g/mol. The summed E-state index contributed by atoms with van der Waals surface area (Å²) in [6, 6.07) is 0. The summed E-state index contributed by atoms with van der Waals surface area (Å²) in [5.41, 5.74) is -1.02. The number of carbonyl (C=O) groups excluding carboxylic acids is 1. The van der Waals surface area contributed by atoms with E-state index in [0.717, 1.165) is 0 Å². The van der Waals surface area contributed by atoms with Crippen LogP contribution < -0.4 is 0 Å². The van der Waals surface area contributed by atoms with Gasteiger partial charge in [0.2, 0.25) is 0 Å². The molecule has 0 spiro atoms. The van der Waals surface area contributed by atoms with Gasteiger partial charge in [0.1, 0.15) is 0 Å². The normalized spacial score (nSPS) is 8.69. The van der Waals surface area contributed by atoms with Crippen LogP contribution in [0, 0.1) is 0 Å². The van der Waals surface area contributed by atoms with Gasteiger partial charge in [0.15, 0.2) is 5.57 Å². The number of carboxylic acids is 2. The molecule has 0 aliphatic rings. The summed E-state index contributed by atoms with van der Waals surface area (Å²) >= 11 is 0. The van der Waals surface area contributed by atoms with Crippen molar-refractivity contribution in [2.45, 2.75) is 6.92 Å². The Bertz CT molecular complexity index is 248. The van der Waals surface area contributed by atoms with Crippen LogP contribution in [0.2, 0.25) is 0 Å². The van der Waals surface area contributed by atoms with Gasteiger partial charge in [0, 0.05) is 6.08 Å². The smallest absolute Gasteiger partial charge is 0.343 e. The Labute approximate surface area is 73.4 Å². The quantitative estimate of drug-likeness (QED) is 0.270. The zero-order valence-corrected chi connectivity index (χ0v) is 6.81. The lowest BCUT2D eigenvalue weighted by molar-refractivity contribution is -0.143. The molecule has 0 saturated heterocycles. The second kappa shape index (κ2) is 4.91. The van der Waals surface area contributed by atoms with E-state index in [-0.39, 0.29) is 6.61 Å². The topological polar surface area (TPSA) is 101 Å². The van der Waals surface area contributed by atoms with Gasteiger partial charge in [-0.3, -0.25) is 0 Å². The van der Waals surface area contributed by atoms with Crippen LogP contribution in [0.25, 0.3) is 0 Å². The van der Waals surface area contributed by atoms with Crippen LogP contribution in [0.5, 0.6) is 0 Å². The van der Waals surface area contributed by atoms with E-state index >= 15 is 0 Å². The van der Waals surface area contributed by atoms with E-state index in [9.17, 15) is 14.4 Å². The largest absolute Gasteiger partial charge is 0.477 e. The summed E-state index contributed by atoms with van der Waals surface area (Å²) in [6.45, 7) is 1.58. The summed E-state index contributed by atoms with van der Waals surface area (Å²) in [7, 11) is 0. The van der Waals surface area contributed by atoms with Crippen molar-refractivity contribution >= 4 is 17.9 Å². The SMILES string of the molecule is CCOC(=O)C=C(C(=O)O)C(=O)O. The summed E-state index contributed by atoms with van der Waals surface area (Å²) in [4.78, 5) is 31.1. The van der Waals surface area contributed by atoms with E-state index in [1.807, 2.05) is 0 Å². The zero-order valence-electron chi connectivity index (χ0n) is 6.81. The lowest BCUT2D eigenvalue weighted by Gasteiger charge is -1.96. The molecule has 0 aliphatic carbocycles. The maximum atomic E-state index is 10.6. The van der Waals surface area contributed by atoms with Crippen LogP contribution >= 0.6 is 0 Å². The average molecular weight is 188 g/mol. The fourth-order valence-corrected chi connectivity index (χ4v) is 0.517. The van der Waals surface area contributed by atoms with Gasteiger partial charge in [-0.25, -0.2) is 14.4 Å². The van der Waals surface area contributed by atoms with Crippen LogP contribution in [-0.2, 0) is 19.1 Å². The van der Waals surface area contributed by atoms with Crippen molar-refractivity contribution in [1.29, 1.82) is 0 Å². The fraction of sp³-hybridized carbons (Fsp3) is 0.286. The zero-order chi connectivity index (χ0) is 10.4. The van der Waals surface area contributed by atoms with Gasteiger partial charge in [0.25, 0.3) is 0 Å². The highest BCUT2D eigenvalue weighted by Gasteiger charge is 2.17. The molecule has 0 fully saturated rings. The molecule has 0 amide bonds. The Kier molecular flexibility index (Phi) is 4.21. The van der Waals surface area contributed by atoms with Gasteiger partial charge >= 0.3 is 17.9 Å². The minimum Gasteiger partial charge on any atom is -0.477 e. The third kappa shape index (κ3) is 3.90. The lowest BCUT2D eigenvalue weighted by atomic mass is 10.2. The van der Waals surface area contributed by atoms with Crippen LogP contribution in [0.15, 0.2) is 11.6 Å². The predicted molar refractivity (Wildman–Crippen MR) is 40.0 cm³/mol. The Hall–Kier alpha value is -1.85. The van der Waals surface area contributed by atoms with Gasteiger partial charge < -0.3 is 14.9 Å². The number of hydrogen-bond acceptors (Lipinski definition) is 4. The number of ether oxygens (including phenoxy) is 1. The Morgan fingerprint density at radius 1 is 1.23 bits per heavy atom. The van der Waals surface area contributed by atoms with Crippen molar-refractivity contribution in [2.24, 2.45) is 0 Å².